The van der Waals surface area contributed by atoms with Crippen LogP contribution >= 0.6 is 0 Å². The normalized spacial score (nSPS) is 12.8. The number of rotatable bonds is 3. The van der Waals surface area contributed by atoms with Gasteiger partial charge in [0.05, 0.1) is 11.4 Å². The van der Waals surface area contributed by atoms with Crippen molar-refractivity contribution in [3.63, 3.8) is 0 Å². The molecule has 2 aliphatic rings. The molecule has 13 rings (SSSR count). The Morgan fingerprint density at radius 3 is 1.28 bits per heavy atom. The van der Waals surface area contributed by atoms with E-state index < -0.39 is 8.07 Å². The Hall–Kier alpha value is -8.70. The minimum absolute atomic E-state index is 0.689. The second kappa shape index (κ2) is 16.3. The van der Waals surface area contributed by atoms with Crippen molar-refractivity contribution in [2.24, 2.45) is 0 Å². The number of fused-ring (bicyclic) bond motifs is 22. The quantitative estimate of drug-likeness (QED) is 0.166. The summed E-state index contributed by atoms with van der Waals surface area (Å²) in [4.78, 5) is 13.0. The van der Waals surface area contributed by atoms with Crippen LogP contribution in [0.1, 0.15) is 0 Å². The van der Waals surface area contributed by atoms with Crippen LogP contribution in [0.4, 0.5) is 17.1 Å². The number of anilines is 3. The van der Waals surface area contributed by atoms with Gasteiger partial charge in [-0.2, -0.15) is 0 Å². The molecular formula is C64H43N3Si. The van der Waals surface area contributed by atoms with Crippen LogP contribution in [0.2, 0.25) is 0 Å². The highest BCUT2D eigenvalue weighted by atomic mass is 28.3. The highest BCUT2D eigenvalue weighted by molar-refractivity contribution is 7.21. The van der Waals surface area contributed by atoms with E-state index in [0.717, 1.165) is 78.3 Å². The van der Waals surface area contributed by atoms with Crippen molar-refractivity contribution in [3.8, 4) is 78.4 Å². The average Bonchev–Trinajstić information content (AvgIpc) is 3.43. The molecule has 1 aromatic heterocycles. The Kier molecular flexibility index (Phi) is 9.51. The van der Waals surface area contributed by atoms with E-state index in [1.165, 1.54) is 32.1 Å². The molecule has 0 amide bonds. The van der Waals surface area contributed by atoms with Gasteiger partial charge in [-0.3, -0.25) is 0 Å². The van der Waals surface area contributed by atoms with E-state index in [2.05, 4.69) is 260 Å². The molecule has 0 spiro atoms. The van der Waals surface area contributed by atoms with Gasteiger partial charge in [0.25, 0.3) is 0 Å². The molecule has 2 aliphatic heterocycles. The average molecular weight is 882 g/mol. The summed E-state index contributed by atoms with van der Waals surface area (Å²) in [6, 6.07) is 95.9. The van der Waals surface area contributed by atoms with Gasteiger partial charge in [-0.25, -0.2) is 9.97 Å². The molecule has 3 heterocycles. The third-order valence-electron chi connectivity index (χ3n) is 13.8. The summed E-state index contributed by atoms with van der Waals surface area (Å²) in [5.74, 6) is 0.689. The minimum Gasteiger partial charge on any atom is -0.311 e. The number of benzene rings is 10. The van der Waals surface area contributed by atoms with Crippen LogP contribution in [0.25, 0.3) is 78.4 Å². The van der Waals surface area contributed by atoms with Crippen LogP contribution in [0.3, 0.4) is 0 Å². The molecule has 318 valence electrons. The number of hydrogen-bond acceptors (Lipinski definition) is 3. The molecule has 11 aromatic rings. The van der Waals surface area contributed by atoms with E-state index in [1.54, 1.807) is 0 Å². The Balaban J connectivity index is 1.09. The molecular weight excluding hydrogens is 839 g/mol. The lowest BCUT2D eigenvalue weighted by Gasteiger charge is -2.45. The Morgan fingerprint density at radius 1 is 0.265 bits per heavy atom. The molecule has 0 radical (unpaired) electrons. The van der Waals surface area contributed by atoms with Gasteiger partial charge in [0, 0.05) is 33.8 Å². The number of nitrogens with zero attached hydrogens (tertiary/aromatic N) is 3. The van der Waals surface area contributed by atoms with Crippen LogP contribution < -0.4 is 25.6 Å². The molecule has 0 fully saturated rings. The molecule has 0 unspecified atom stereocenters. The second-order valence-corrected chi connectivity index (χ2v) is 21.5. The van der Waals surface area contributed by atoms with Crippen LogP contribution in [0.15, 0.2) is 261 Å². The van der Waals surface area contributed by atoms with Crippen molar-refractivity contribution in [2.45, 2.75) is 0 Å². The van der Waals surface area contributed by atoms with E-state index in [4.69, 9.17) is 9.97 Å². The van der Waals surface area contributed by atoms with E-state index >= 15 is 0 Å². The Morgan fingerprint density at radius 2 is 0.676 bits per heavy atom. The lowest BCUT2D eigenvalue weighted by Crippen LogP contribution is -2.77. The first-order valence-corrected chi connectivity index (χ1v) is 25.3. The molecule has 0 saturated carbocycles. The summed E-state index contributed by atoms with van der Waals surface area (Å²) in [5.41, 5.74) is 17.4. The highest BCUT2D eigenvalue weighted by Gasteiger charge is 2.48. The van der Waals surface area contributed by atoms with Crippen molar-refractivity contribution in [2.75, 3.05) is 4.90 Å². The van der Waals surface area contributed by atoms with Crippen molar-refractivity contribution in [1.29, 1.82) is 0 Å². The van der Waals surface area contributed by atoms with Gasteiger partial charge < -0.3 is 4.90 Å². The fourth-order valence-corrected chi connectivity index (χ4v) is 15.8. The van der Waals surface area contributed by atoms with E-state index in [1.807, 2.05) is 6.07 Å². The second-order valence-electron chi connectivity index (χ2n) is 17.8. The molecule has 0 atom stereocenters. The van der Waals surface area contributed by atoms with Crippen molar-refractivity contribution in [1.82, 2.24) is 9.97 Å². The first-order valence-electron chi connectivity index (χ1n) is 23.3. The zero-order valence-corrected chi connectivity index (χ0v) is 38.2. The smallest absolute Gasteiger partial charge is 0.184 e. The monoisotopic (exact) mass is 881 g/mol. The molecule has 0 saturated heterocycles. The molecule has 10 aromatic carbocycles. The van der Waals surface area contributed by atoms with Gasteiger partial charge in [-0.05, 0) is 120 Å². The van der Waals surface area contributed by atoms with Crippen molar-refractivity contribution in [3.05, 3.63) is 261 Å². The first kappa shape index (κ1) is 39.6. The zero-order valence-electron chi connectivity index (χ0n) is 37.2. The maximum absolute atomic E-state index is 5.30. The summed E-state index contributed by atoms with van der Waals surface area (Å²) in [6.07, 6.45) is 0. The molecule has 0 N–H and O–H groups in total. The Bertz CT molecular complexity index is 3660. The number of para-hydroxylation sites is 1. The molecule has 68 heavy (non-hydrogen) atoms. The zero-order chi connectivity index (χ0) is 45.0. The van der Waals surface area contributed by atoms with Crippen LogP contribution in [-0.2, 0) is 0 Å². The summed E-state index contributed by atoms with van der Waals surface area (Å²) in [6.45, 7) is 0. The maximum atomic E-state index is 5.30. The standard InChI is InChI=1S/C64H43N3Si/c1-4-17-44(18-5-1)58-43-59-53-26-14-23-49(39-53)45-19-13-22-48(38-45)52-35-36-63-61(42-52)67(60-33-10-11-34-62(60)68(63,56-29-6-2-7-30-56)57-31-8-3-9-32-57)55-28-16-25-51(41-55)47-21-12-20-46(37-47)50-24-15-27-54(40-50)64(65-58)66-59/h1-43H. The van der Waals surface area contributed by atoms with Crippen LogP contribution in [0, 0.1) is 0 Å². The highest BCUT2D eigenvalue weighted by Crippen LogP contribution is 2.42. The fraction of sp³-hybridized carbons (Fsp3) is 0. The number of hydrogen-bond donors (Lipinski definition) is 0. The molecule has 14 bridgehead atoms. The first-order chi connectivity index (χ1) is 33.7. The fourth-order valence-electron chi connectivity index (χ4n) is 10.7. The van der Waals surface area contributed by atoms with Gasteiger partial charge in [0.2, 0.25) is 0 Å². The molecule has 0 aliphatic carbocycles. The van der Waals surface area contributed by atoms with Gasteiger partial charge in [-0.15, -0.1) is 0 Å². The van der Waals surface area contributed by atoms with Crippen molar-refractivity contribution < 1.29 is 0 Å². The summed E-state index contributed by atoms with van der Waals surface area (Å²) < 4.78 is 0. The van der Waals surface area contributed by atoms with Gasteiger partial charge in [0.1, 0.15) is 0 Å². The SMILES string of the molecule is c1ccc(-c2cc3nc(n2)-c2cccc(c2)-c2cccc(c2)-c2cccc(c2)N2c4ccccc4[Si](c4ccccc4)(c4ccccc4)c4ccc(cc42)-c2cccc(c2)-c2cccc-3c2)cc1. The summed E-state index contributed by atoms with van der Waals surface area (Å²) >= 11 is 0. The predicted molar refractivity (Wildman–Crippen MR) is 285 cm³/mol. The van der Waals surface area contributed by atoms with Gasteiger partial charge >= 0.3 is 0 Å². The van der Waals surface area contributed by atoms with E-state index in [9.17, 15) is 0 Å². The third-order valence-corrected chi connectivity index (χ3v) is 18.7. The molecule has 4 heteroatoms. The third kappa shape index (κ3) is 6.65. The Labute approximate surface area is 398 Å². The van der Waals surface area contributed by atoms with E-state index in [-0.39, 0.29) is 0 Å². The largest absolute Gasteiger partial charge is 0.311 e. The van der Waals surface area contributed by atoms with Crippen LogP contribution in [0.5, 0.6) is 0 Å². The summed E-state index contributed by atoms with van der Waals surface area (Å²) in [7, 11) is -2.87. The number of aromatic nitrogens is 2. The predicted octanol–water partition coefficient (Wildman–Crippen LogP) is 13.6. The van der Waals surface area contributed by atoms with E-state index in [0.29, 0.717) is 5.82 Å². The minimum atomic E-state index is -2.87. The summed E-state index contributed by atoms with van der Waals surface area (Å²) in [5, 5.41) is 5.47. The lowest BCUT2D eigenvalue weighted by atomic mass is 9.96. The topological polar surface area (TPSA) is 29.0 Å². The van der Waals surface area contributed by atoms with Crippen LogP contribution in [-0.4, -0.2) is 18.0 Å². The lowest BCUT2D eigenvalue weighted by molar-refractivity contribution is 1.18. The molecule has 3 nitrogen and oxygen atoms in total. The van der Waals surface area contributed by atoms with Gasteiger partial charge in [-0.1, -0.05) is 206 Å². The maximum Gasteiger partial charge on any atom is 0.184 e. The van der Waals surface area contributed by atoms with Gasteiger partial charge in [0.15, 0.2) is 13.9 Å². The van der Waals surface area contributed by atoms with Crippen molar-refractivity contribution >= 4 is 45.9 Å².